The van der Waals surface area contributed by atoms with E-state index in [0.717, 1.165) is 32.4 Å². The number of rotatable bonds is 3. The Balaban J connectivity index is 1.95. The molecule has 2 aliphatic rings. The summed E-state index contributed by atoms with van der Waals surface area (Å²) in [6.07, 6.45) is 3.79. The number of nitrogens with zero attached hydrogens (tertiary/aromatic N) is 1. The molecule has 2 aliphatic heterocycles. The Morgan fingerprint density at radius 3 is 2.68 bits per heavy atom. The second kappa shape index (κ2) is 4.97. The third-order valence-corrected chi connectivity index (χ3v) is 4.05. The summed E-state index contributed by atoms with van der Waals surface area (Å²) < 4.78 is 0. The van der Waals surface area contributed by atoms with E-state index in [1.165, 1.54) is 22.4 Å². The minimum absolute atomic E-state index is 0.307. The van der Waals surface area contributed by atoms with Crippen LogP contribution < -0.4 is 10.2 Å². The summed E-state index contributed by atoms with van der Waals surface area (Å²) in [4.78, 5) is 14.0. The van der Waals surface area contributed by atoms with E-state index in [0.29, 0.717) is 18.4 Å². The molecule has 0 spiro atoms. The first-order chi connectivity index (χ1) is 9.15. The molecule has 0 aromatic heterocycles. The highest BCUT2D eigenvalue weighted by Crippen LogP contribution is 2.36. The number of hydrogen-bond acceptors (Lipinski definition) is 2. The smallest absolute Gasteiger partial charge is 0.227 e. The molecule has 102 valence electrons. The third-order valence-electron chi connectivity index (χ3n) is 4.05. The van der Waals surface area contributed by atoms with Gasteiger partial charge >= 0.3 is 0 Å². The molecule has 3 heteroatoms. The molecule has 2 heterocycles. The van der Waals surface area contributed by atoms with Crippen LogP contribution in [0.25, 0.3) is 0 Å². The van der Waals surface area contributed by atoms with Gasteiger partial charge < -0.3 is 10.2 Å². The number of hydrogen-bond donors (Lipinski definition) is 1. The molecule has 3 rings (SSSR count). The fourth-order valence-electron chi connectivity index (χ4n) is 3.15. The van der Waals surface area contributed by atoms with E-state index in [1.54, 1.807) is 0 Å². The van der Waals surface area contributed by atoms with Gasteiger partial charge in [-0.1, -0.05) is 26.0 Å². The summed E-state index contributed by atoms with van der Waals surface area (Å²) in [5.41, 5.74) is 5.34. The van der Waals surface area contributed by atoms with Gasteiger partial charge in [0, 0.05) is 25.6 Å². The maximum Gasteiger partial charge on any atom is 0.227 e. The van der Waals surface area contributed by atoms with Crippen molar-refractivity contribution in [2.75, 3.05) is 11.4 Å². The number of carbonyl (C=O) groups excluding carboxylic acids is 1. The Hall–Kier alpha value is -1.35. The molecule has 0 saturated heterocycles. The average Bonchev–Trinajstić information content (AvgIpc) is 2.40. The van der Waals surface area contributed by atoms with E-state index >= 15 is 0 Å². The van der Waals surface area contributed by atoms with Crippen LogP contribution in [0.1, 0.15) is 43.4 Å². The average molecular weight is 258 g/mol. The van der Waals surface area contributed by atoms with Crippen LogP contribution in [0.3, 0.4) is 0 Å². The molecule has 1 aromatic rings. The zero-order valence-electron chi connectivity index (χ0n) is 11.8. The van der Waals surface area contributed by atoms with Gasteiger partial charge in [0.15, 0.2) is 0 Å². The topological polar surface area (TPSA) is 32.3 Å². The van der Waals surface area contributed by atoms with Crippen molar-refractivity contribution in [3.63, 3.8) is 0 Å². The van der Waals surface area contributed by atoms with Crippen molar-refractivity contribution in [1.82, 2.24) is 5.32 Å². The summed E-state index contributed by atoms with van der Waals surface area (Å²) in [7, 11) is 0. The lowest BCUT2D eigenvalue weighted by atomic mass is 9.90. The van der Waals surface area contributed by atoms with Gasteiger partial charge in [0.2, 0.25) is 5.91 Å². The van der Waals surface area contributed by atoms with Crippen LogP contribution in [-0.4, -0.2) is 18.5 Å². The Morgan fingerprint density at radius 1 is 1.21 bits per heavy atom. The highest BCUT2D eigenvalue weighted by Gasteiger charge is 2.29. The maximum atomic E-state index is 12.0. The lowest BCUT2D eigenvalue weighted by Crippen LogP contribution is -2.39. The molecule has 0 unspecified atom stereocenters. The maximum absolute atomic E-state index is 12.0. The Bertz CT molecular complexity index is 490. The van der Waals surface area contributed by atoms with Crippen molar-refractivity contribution in [3.8, 4) is 0 Å². The number of anilines is 1. The van der Waals surface area contributed by atoms with Crippen LogP contribution in [0, 0.1) is 0 Å². The number of amides is 1. The highest BCUT2D eigenvalue weighted by molar-refractivity contribution is 5.97. The standard InChI is InChI=1S/C16H22N2O/c1-11(2)17-10-12-8-13-4-3-7-18-15(19)6-5-14(9-12)16(13)18/h8-9,11,17H,3-7,10H2,1-2H3. The molecule has 0 atom stereocenters. The van der Waals surface area contributed by atoms with E-state index in [-0.39, 0.29) is 0 Å². The zero-order chi connectivity index (χ0) is 13.4. The summed E-state index contributed by atoms with van der Waals surface area (Å²) in [5, 5.41) is 3.48. The largest absolute Gasteiger partial charge is 0.312 e. The molecule has 0 aliphatic carbocycles. The summed E-state index contributed by atoms with van der Waals surface area (Å²) in [5.74, 6) is 0.307. The van der Waals surface area contributed by atoms with Gasteiger partial charge in [0.05, 0.1) is 5.69 Å². The van der Waals surface area contributed by atoms with E-state index in [1.807, 2.05) is 4.90 Å². The van der Waals surface area contributed by atoms with Crippen molar-refractivity contribution in [3.05, 3.63) is 28.8 Å². The van der Waals surface area contributed by atoms with Crippen LogP contribution in [0.4, 0.5) is 5.69 Å². The molecule has 19 heavy (non-hydrogen) atoms. The van der Waals surface area contributed by atoms with Gasteiger partial charge in [-0.05, 0) is 36.0 Å². The molecular weight excluding hydrogens is 236 g/mol. The highest BCUT2D eigenvalue weighted by atomic mass is 16.2. The van der Waals surface area contributed by atoms with Gasteiger partial charge in [-0.25, -0.2) is 0 Å². The van der Waals surface area contributed by atoms with E-state index < -0.39 is 0 Å². The predicted octanol–water partition coefficient (Wildman–Crippen LogP) is 2.41. The Kier molecular flexibility index (Phi) is 3.31. The Labute approximate surface area is 115 Å². The normalized spacial score (nSPS) is 17.8. The van der Waals surface area contributed by atoms with Crippen molar-refractivity contribution in [1.29, 1.82) is 0 Å². The van der Waals surface area contributed by atoms with Gasteiger partial charge in [-0.3, -0.25) is 4.79 Å². The van der Waals surface area contributed by atoms with Crippen LogP contribution in [-0.2, 0) is 24.2 Å². The molecular formula is C16H22N2O. The van der Waals surface area contributed by atoms with E-state index in [9.17, 15) is 4.79 Å². The lowest BCUT2D eigenvalue weighted by molar-refractivity contribution is -0.119. The van der Waals surface area contributed by atoms with Gasteiger partial charge in [-0.2, -0.15) is 0 Å². The molecule has 1 N–H and O–H groups in total. The van der Waals surface area contributed by atoms with Crippen LogP contribution in [0.5, 0.6) is 0 Å². The first-order valence-corrected chi connectivity index (χ1v) is 7.33. The molecule has 1 aromatic carbocycles. The van der Waals surface area contributed by atoms with Crippen LogP contribution in [0.15, 0.2) is 12.1 Å². The summed E-state index contributed by atoms with van der Waals surface area (Å²) in [6.45, 7) is 6.17. The van der Waals surface area contributed by atoms with Crippen molar-refractivity contribution in [2.24, 2.45) is 0 Å². The zero-order valence-corrected chi connectivity index (χ0v) is 11.8. The van der Waals surface area contributed by atoms with Gasteiger partial charge in [0.25, 0.3) is 0 Å². The quantitative estimate of drug-likeness (QED) is 0.903. The molecule has 0 saturated carbocycles. The fraction of sp³-hybridized carbons (Fsp3) is 0.562. The molecule has 0 radical (unpaired) electrons. The van der Waals surface area contributed by atoms with Crippen LogP contribution >= 0.6 is 0 Å². The molecule has 0 bridgehead atoms. The summed E-state index contributed by atoms with van der Waals surface area (Å²) in [6, 6.07) is 5.09. The van der Waals surface area contributed by atoms with Crippen molar-refractivity contribution >= 4 is 11.6 Å². The fourth-order valence-corrected chi connectivity index (χ4v) is 3.15. The monoisotopic (exact) mass is 258 g/mol. The first kappa shape index (κ1) is 12.7. The van der Waals surface area contributed by atoms with Gasteiger partial charge in [-0.15, -0.1) is 0 Å². The lowest BCUT2D eigenvalue weighted by Gasteiger charge is -2.35. The predicted molar refractivity (Wildman–Crippen MR) is 77.4 cm³/mol. The number of nitrogens with one attached hydrogen (secondary N) is 1. The minimum Gasteiger partial charge on any atom is -0.312 e. The molecule has 0 fully saturated rings. The van der Waals surface area contributed by atoms with E-state index in [4.69, 9.17) is 0 Å². The second-order valence-electron chi connectivity index (χ2n) is 5.95. The first-order valence-electron chi connectivity index (χ1n) is 7.33. The number of benzene rings is 1. The number of carbonyl (C=O) groups is 1. The van der Waals surface area contributed by atoms with E-state index in [2.05, 4.69) is 31.3 Å². The molecule has 1 amide bonds. The SMILES string of the molecule is CC(C)NCc1cc2c3c(c1)CCC(=O)N3CCC2. The van der Waals surface area contributed by atoms with Crippen molar-refractivity contribution < 1.29 is 4.79 Å². The number of aryl methyl sites for hydroxylation is 2. The van der Waals surface area contributed by atoms with Crippen molar-refractivity contribution in [2.45, 2.75) is 52.1 Å². The summed E-state index contributed by atoms with van der Waals surface area (Å²) >= 11 is 0. The third kappa shape index (κ3) is 2.39. The molecule has 3 nitrogen and oxygen atoms in total. The minimum atomic E-state index is 0.307. The Morgan fingerprint density at radius 2 is 1.95 bits per heavy atom. The van der Waals surface area contributed by atoms with Crippen LogP contribution in [0.2, 0.25) is 0 Å². The van der Waals surface area contributed by atoms with Gasteiger partial charge in [0.1, 0.15) is 0 Å². The second-order valence-corrected chi connectivity index (χ2v) is 5.95.